The quantitative estimate of drug-likeness (QED) is 0.618. The van der Waals surface area contributed by atoms with Crippen LogP contribution in [0.2, 0.25) is 5.02 Å². The van der Waals surface area contributed by atoms with Crippen molar-refractivity contribution in [2.45, 2.75) is 27.2 Å². The summed E-state index contributed by atoms with van der Waals surface area (Å²) in [7, 11) is 0. The number of anilines is 1. The summed E-state index contributed by atoms with van der Waals surface area (Å²) < 4.78 is 0. The van der Waals surface area contributed by atoms with Crippen LogP contribution in [0, 0.1) is 13.8 Å². The maximum absolute atomic E-state index is 12.5. The van der Waals surface area contributed by atoms with E-state index < -0.39 is 0 Å². The first kappa shape index (κ1) is 18.4. The molecule has 2 N–H and O–H groups in total. The topological polar surface area (TPSA) is 74.8 Å². The summed E-state index contributed by atoms with van der Waals surface area (Å²) in [5.74, 6) is -0.372. The fourth-order valence-corrected chi connectivity index (χ4v) is 3.97. The molecule has 0 bridgehead atoms. The maximum atomic E-state index is 12.5. The van der Waals surface area contributed by atoms with Gasteiger partial charge in [0.1, 0.15) is 5.69 Å². The van der Waals surface area contributed by atoms with Gasteiger partial charge in [0, 0.05) is 33.8 Å². The minimum atomic E-state index is -0.309. The Hall–Kier alpha value is -2.44. The molecule has 2 aromatic heterocycles. The van der Waals surface area contributed by atoms with Crippen LogP contribution in [-0.2, 0) is 6.42 Å². The molecule has 0 unspecified atom stereocenters. The number of rotatable bonds is 5. The van der Waals surface area contributed by atoms with Crippen molar-refractivity contribution in [3.63, 3.8) is 0 Å². The van der Waals surface area contributed by atoms with Crippen LogP contribution < -0.4 is 5.32 Å². The number of Topliss-reactive ketones (excluding diaryl/α,β-unsaturated/α-hetero) is 1. The Morgan fingerprint density at radius 3 is 2.65 bits per heavy atom. The summed E-state index contributed by atoms with van der Waals surface area (Å²) in [6.07, 6.45) is 2.39. The molecular weight excluding hydrogens is 370 g/mol. The standard InChI is InChI=1S/C19H18ClN3O2S/c1-10-16(12(3)24)11(2)22-17(10)18(25)23-19-21-9-14(26-19)8-13-6-4-5-7-15(13)20/h4-7,9,22H,8H2,1-3H3,(H,21,23,25). The van der Waals surface area contributed by atoms with Crippen molar-refractivity contribution in [1.82, 2.24) is 9.97 Å². The molecule has 0 atom stereocenters. The van der Waals surface area contributed by atoms with Gasteiger partial charge in [-0.15, -0.1) is 11.3 Å². The van der Waals surface area contributed by atoms with Crippen LogP contribution in [0.5, 0.6) is 0 Å². The second kappa shape index (κ2) is 7.43. The number of aromatic amines is 1. The van der Waals surface area contributed by atoms with Crippen LogP contribution >= 0.6 is 22.9 Å². The molecule has 0 aliphatic rings. The average molecular weight is 388 g/mol. The third kappa shape index (κ3) is 3.71. The smallest absolute Gasteiger partial charge is 0.274 e. The number of hydrogen-bond donors (Lipinski definition) is 2. The van der Waals surface area contributed by atoms with E-state index >= 15 is 0 Å². The fraction of sp³-hybridized carbons (Fsp3) is 0.211. The van der Waals surface area contributed by atoms with Crippen molar-refractivity contribution in [2.24, 2.45) is 0 Å². The fourth-order valence-electron chi connectivity index (χ4n) is 2.94. The monoisotopic (exact) mass is 387 g/mol. The number of benzene rings is 1. The van der Waals surface area contributed by atoms with Crippen LogP contribution in [0.25, 0.3) is 0 Å². The Bertz CT molecular complexity index is 991. The van der Waals surface area contributed by atoms with Gasteiger partial charge in [-0.3, -0.25) is 14.9 Å². The number of amides is 1. The Morgan fingerprint density at radius 2 is 2.00 bits per heavy atom. The molecule has 0 saturated carbocycles. The zero-order chi connectivity index (χ0) is 18.8. The number of carbonyl (C=O) groups is 2. The van der Waals surface area contributed by atoms with Gasteiger partial charge in [-0.25, -0.2) is 4.98 Å². The van der Waals surface area contributed by atoms with Gasteiger partial charge in [0.05, 0.1) is 0 Å². The number of ketones is 1. The highest BCUT2D eigenvalue weighted by Crippen LogP contribution is 2.26. The van der Waals surface area contributed by atoms with E-state index in [1.54, 1.807) is 20.0 Å². The number of aryl methyl sites for hydroxylation is 1. The Labute approximate surface area is 160 Å². The molecule has 26 heavy (non-hydrogen) atoms. The number of H-pyrrole nitrogens is 1. The molecule has 0 aliphatic carbocycles. The molecule has 1 aromatic carbocycles. The molecule has 0 aliphatic heterocycles. The minimum absolute atomic E-state index is 0.0634. The van der Waals surface area contributed by atoms with Gasteiger partial charge in [0.25, 0.3) is 5.91 Å². The molecule has 134 valence electrons. The predicted molar refractivity (Wildman–Crippen MR) is 105 cm³/mol. The number of thiazole rings is 1. The van der Waals surface area contributed by atoms with Crippen molar-refractivity contribution in [3.05, 3.63) is 68.4 Å². The first-order chi connectivity index (χ1) is 12.4. The Morgan fingerprint density at radius 1 is 1.27 bits per heavy atom. The lowest BCUT2D eigenvalue weighted by Crippen LogP contribution is -2.13. The molecule has 7 heteroatoms. The van der Waals surface area contributed by atoms with Gasteiger partial charge in [0.2, 0.25) is 0 Å². The minimum Gasteiger partial charge on any atom is -0.354 e. The number of aromatic nitrogens is 2. The van der Waals surface area contributed by atoms with E-state index in [1.165, 1.54) is 18.3 Å². The highest BCUT2D eigenvalue weighted by atomic mass is 35.5. The first-order valence-corrected chi connectivity index (χ1v) is 9.25. The molecule has 0 spiro atoms. The van der Waals surface area contributed by atoms with Crippen molar-refractivity contribution < 1.29 is 9.59 Å². The Kier molecular flexibility index (Phi) is 5.25. The van der Waals surface area contributed by atoms with Gasteiger partial charge < -0.3 is 4.98 Å². The summed E-state index contributed by atoms with van der Waals surface area (Å²) in [5.41, 5.74) is 3.31. The molecule has 0 fully saturated rings. The van der Waals surface area contributed by atoms with Crippen molar-refractivity contribution in [3.8, 4) is 0 Å². The summed E-state index contributed by atoms with van der Waals surface area (Å²) >= 11 is 7.59. The van der Waals surface area contributed by atoms with E-state index in [1.807, 2.05) is 24.3 Å². The molecule has 0 radical (unpaired) electrons. The van der Waals surface area contributed by atoms with Gasteiger partial charge in [0.15, 0.2) is 10.9 Å². The van der Waals surface area contributed by atoms with E-state index in [0.29, 0.717) is 39.1 Å². The highest BCUT2D eigenvalue weighted by molar-refractivity contribution is 7.15. The molecule has 2 heterocycles. The second-order valence-electron chi connectivity index (χ2n) is 6.04. The summed E-state index contributed by atoms with van der Waals surface area (Å²) in [6, 6.07) is 7.65. The normalized spacial score (nSPS) is 10.8. The van der Waals surface area contributed by atoms with E-state index in [0.717, 1.165) is 10.4 Å². The molecule has 5 nitrogen and oxygen atoms in total. The van der Waals surface area contributed by atoms with E-state index in [4.69, 9.17) is 11.6 Å². The van der Waals surface area contributed by atoms with E-state index in [9.17, 15) is 9.59 Å². The van der Waals surface area contributed by atoms with Crippen LogP contribution in [0.1, 0.15) is 49.5 Å². The van der Waals surface area contributed by atoms with Gasteiger partial charge in [-0.1, -0.05) is 29.8 Å². The van der Waals surface area contributed by atoms with Gasteiger partial charge >= 0.3 is 0 Å². The zero-order valence-electron chi connectivity index (χ0n) is 14.6. The van der Waals surface area contributed by atoms with Crippen LogP contribution in [-0.4, -0.2) is 21.7 Å². The number of halogens is 1. The molecule has 1 amide bonds. The first-order valence-electron chi connectivity index (χ1n) is 8.06. The maximum Gasteiger partial charge on any atom is 0.274 e. The van der Waals surface area contributed by atoms with Crippen LogP contribution in [0.4, 0.5) is 5.13 Å². The van der Waals surface area contributed by atoms with E-state index in [-0.39, 0.29) is 11.7 Å². The number of carbonyl (C=O) groups excluding carboxylic acids is 2. The number of nitrogens with zero attached hydrogens (tertiary/aromatic N) is 1. The third-order valence-electron chi connectivity index (χ3n) is 4.11. The summed E-state index contributed by atoms with van der Waals surface area (Å²) in [6.45, 7) is 5.04. The molecule has 3 rings (SSSR count). The molecular formula is C19H18ClN3O2S. The molecule has 3 aromatic rings. The van der Waals surface area contributed by atoms with Crippen molar-refractivity contribution in [1.29, 1.82) is 0 Å². The largest absolute Gasteiger partial charge is 0.354 e. The summed E-state index contributed by atoms with van der Waals surface area (Å²) in [5, 5.41) is 4.01. The lowest BCUT2D eigenvalue weighted by atomic mass is 10.1. The van der Waals surface area contributed by atoms with Crippen molar-refractivity contribution >= 4 is 39.8 Å². The van der Waals surface area contributed by atoms with Crippen LogP contribution in [0.3, 0.4) is 0 Å². The van der Waals surface area contributed by atoms with Gasteiger partial charge in [-0.2, -0.15) is 0 Å². The SMILES string of the molecule is CC(=O)c1c(C)[nH]c(C(=O)Nc2ncc(Cc3ccccc3Cl)s2)c1C. The van der Waals surface area contributed by atoms with Gasteiger partial charge in [-0.05, 0) is 38.0 Å². The average Bonchev–Trinajstić information content (AvgIpc) is 3.13. The predicted octanol–water partition coefficient (Wildman–Crippen LogP) is 4.79. The lowest BCUT2D eigenvalue weighted by molar-refractivity contribution is 0.101. The number of nitrogens with one attached hydrogen (secondary N) is 2. The lowest BCUT2D eigenvalue weighted by Gasteiger charge is -2.02. The Balaban J connectivity index is 1.75. The molecule has 0 saturated heterocycles. The van der Waals surface area contributed by atoms with Crippen LogP contribution in [0.15, 0.2) is 30.5 Å². The zero-order valence-corrected chi connectivity index (χ0v) is 16.2. The third-order valence-corrected chi connectivity index (χ3v) is 5.39. The number of hydrogen-bond acceptors (Lipinski definition) is 4. The second-order valence-corrected chi connectivity index (χ2v) is 7.56. The summed E-state index contributed by atoms with van der Waals surface area (Å²) in [4.78, 5) is 32.5. The van der Waals surface area contributed by atoms with Crippen molar-refractivity contribution in [2.75, 3.05) is 5.32 Å². The highest BCUT2D eigenvalue weighted by Gasteiger charge is 2.20. The van der Waals surface area contributed by atoms with E-state index in [2.05, 4.69) is 15.3 Å².